The Kier molecular flexibility index (Phi) is 4.48. The summed E-state index contributed by atoms with van der Waals surface area (Å²) < 4.78 is 5.79. The van der Waals surface area contributed by atoms with Crippen molar-refractivity contribution in [3.63, 3.8) is 0 Å². The van der Waals surface area contributed by atoms with Crippen LogP contribution in [0.5, 0.6) is 0 Å². The lowest BCUT2D eigenvalue weighted by molar-refractivity contribution is -0.128. The zero-order valence-corrected chi connectivity index (χ0v) is 14.0. The predicted molar refractivity (Wildman–Crippen MR) is 95.8 cm³/mol. The Morgan fingerprint density at radius 3 is 2.68 bits per heavy atom. The Bertz CT molecular complexity index is 827. The van der Waals surface area contributed by atoms with Crippen molar-refractivity contribution in [1.29, 1.82) is 0 Å². The molecule has 1 fully saturated rings. The molecule has 0 unspecified atom stereocenters. The van der Waals surface area contributed by atoms with Gasteiger partial charge in [-0.05, 0) is 24.1 Å². The van der Waals surface area contributed by atoms with Gasteiger partial charge in [-0.1, -0.05) is 42.5 Å². The first-order valence-corrected chi connectivity index (χ1v) is 8.70. The monoisotopic (exact) mass is 335 g/mol. The van der Waals surface area contributed by atoms with Crippen molar-refractivity contribution in [3.05, 3.63) is 66.1 Å². The number of carbonyl (C=O) groups is 1. The highest BCUT2D eigenvalue weighted by molar-refractivity contribution is 5.78. The van der Waals surface area contributed by atoms with Crippen LogP contribution in [0.3, 0.4) is 0 Å². The molecule has 0 aliphatic carbocycles. The number of fused-ring (bicyclic) bond motifs is 1. The minimum absolute atomic E-state index is 0.0539. The van der Waals surface area contributed by atoms with Crippen molar-refractivity contribution in [1.82, 2.24) is 15.2 Å². The van der Waals surface area contributed by atoms with E-state index in [1.165, 1.54) is 5.56 Å². The van der Waals surface area contributed by atoms with E-state index in [1.807, 2.05) is 47.4 Å². The van der Waals surface area contributed by atoms with Gasteiger partial charge in [0.25, 0.3) is 0 Å². The van der Waals surface area contributed by atoms with Gasteiger partial charge >= 0.3 is 0 Å². The Morgan fingerprint density at radius 2 is 1.92 bits per heavy atom. The second kappa shape index (κ2) is 7.07. The van der Waals surface area contributed by atoms with Gasteiger partial charge in [-0.15, -0.1) is 0 Å². The van der Waals surface area contributed by atoms with Gasteiger partial charge < -0.3 is 9.32 Å². The summed E-state index contributed by atoms with van der Waals surface area (Å²) >= 11 is 0. The molecule has 3 aromatic rings. The Morgan fingerprint density at radius 1 is 1.12 bits per heavy atom. The van der Waals surface area contributed by atoms with Crippen molar-refractivity contribution >= 4 is 17.0 Å². The molecular weight excluding hydrogens is 314 g/mol. The van der Waals surface area contributed by atoms with E-state index in [2.05, 4.69) is 22.4 Å². The van der Waals surface area contributed by atoms with Crippen LogP contribution in [0.1, 0.15) is 30.3 Å². The van der Waals surface area contributed by atoms with Crippen LogP contribution in [0.15, 0.2) is 59.0 Å². The molecule has 1 aliphatic rings. The van der Waals surface area contributed by atoms with Crippen LogP contribution in [0, 0.1) is 0 Å². The number of likely N-dealkylation sites (tertiary alicyclic amines) is 1. The number of amides is 1. The molecule has 1 N–H and O–H groups in total. The number of benzene rings is 2. The third-order valence-corrected chi connectivity index (χ3v) is 4.61. The van der Waals surface area contributed by atoms with E-state index in [4.69, 9.17) is 4.42 Å². The maximum atomic E-state index is 12.0. The third-order valence-electron chi connectivity index (χ3n) is 4.61. The minimum Gasteiger partial charge on any atom is -0.439 e. The molecule has 25 heavy (non-hydrogen) atoms. The zero-order chi connectivity index (χ0) is 17.1. The highest BCUT2D eigenvalue weighted by Gasteiger charge is 2.24. The van der Waals surface area contributed by atoms with E-state index in [9.17, 15) is 4.79 Å². The predicted octanol–water partition coefficient (Wildman–Crippen LogP) is 3.28. The molecule has 5 heteroatoms. The standard InChI is InChI=1S/C20H21N3O2/c24-20-11-6-12-23(20)14-17(15-7-2-1-3-8-15)21-13-19-22-16-9-4-5-10-18(16)25-19/h1-5,7-10,17,21H,6,11-14H2/t17-/m0/s1. The van der Waals surface area contributed by atoms with Crippen molar-refractivity contribution in [3.8, 4) is 0 Å². The number of hydrogen-bond acceptors (Lipinski definition) is 4. The summed E-state index contributed by atoms with van der Waals surface area (Å²) in [6, 6.07) is 18.0. The quantitative estimate of drug-likeness (QED) is 0.751. The van der Waals surface area contributed by atoms with E-state index in [-0.39, 0.29) is 11.9 Å². The van der Waals surface area contributed by atoms with Gasteiger partial charge in [0.2, 0.25) is 11.8 Å². The summed E-state index contributed by atoms with van der Waals surface area (Å²) in [6.07, 6.45) is 1.61. The zero-order valence-electron chi connectivity index (χ0n) is 14.0. The van der Waals surface area contributed by atoms with Crippen molar-refractivity contribution in [2.24, 2.45) is 0 Å². The fourth-order valence-electron chi connectivity index (χ4n) is 3.30. The maximum Gasteiger partial charge on any atom is 0.222 e. The van der Waals surface area contributed by atoms with E-state index in [1.54, 1.807) is 0 Å². The number of nitrogens with zero attached hydrogens (tertiary/aromatic N) is 2. The number of carbonyl (C=O) groups excluding carboxylic acids is 1. The molecule has 2 heterocycles. The molecule has 1 amide bonds. The lowest BCUT2D eigenvalue weighted by Crippen LogP contribution is -2.35. The molecule has 0 spiro atoms. The Labute approximate surface area is 146 Å². The van der Waals surface area contributed by atoms with Crippen LogP contribution in [0.4, 0.5) is 0 Å². The molecule has 1 aliphatic heterocycles. The molecule has 5 nitrogen and oxygen atoms in total. The molecule has 0 bridgehead atoms. The summed E-state index contributed by atoms with van der Waals surface area (Å²) in [5.41, 5.74) is 2.83. The molecule has 0 saturated carbocycles. The van der Waals surface area contributed by atoms with E-state index < -0.39 is 0 Å². The van der Waals surface area contributed by atoms with Gasteiger partial charge in [0, 0.05) is 19.5 Å². The molecule has 1 aromatic heterocycles. The molecule has 128 valence electrons. The van der Waals surface area contributed by atoms with Crippen LogP contribution >= 0.6 is 0 Å². The first-order chi connectivity index (χ1) is 12.3. The molecule has 0 radical (unpaired) electrons. The summed E-state index contributed by atoms with van der Waals surface area (Å²) in [6.45, 7) is 2.03. The van der Waals surface area contributed by atoms with E-state index in [0.29, 0.717) is 25.4 Å². The lowest BCUT2D eigenvalue weighted by Gasteiger charge is -2.24. The Hall–Kier alpha value is -2.66. The SMILES string of the molecule is O=C1CCCN1C[C@H](NCc1nc2ccccc2o1)c1ccccc1. The smallest absolute Gasteiger partial charge is 0.222 e. The highest BCUT2D eigenvalue weighted by Crippen LogP contribution is 2.20. The second-order valence-corrected chi connectivity index (χ2v) is 6.36. The summed E-state index contributed by atoms with van der Waals surface area (Å²) in [5, 5.41) is 3.51. The van der Waals surface area contributed by atoms with Crippen LogP contribution < -0.4 is 5.32 Å². The van der Waals surface area contributed by atoms with E-state index >= 15 is 0 Å². The van der Waals surface area contributed by atoms with Gasteiger partial charge in [0.15, 0.2) is 5.58 Å². The average molecular weight is 335 g/mol. The second-order valence-electron chi connectivity index (χ2n) is 6.36. The lowest BCUT2D eigenvalue weighted by atomic mass is 10.1. The molecule has 1 atom stereocenters. The number of oxazole rings is 1. The van der Waals surface area contributed by atoms with Gasteiger partial charge in [-0.3, -0.25) is 10.1 Å². The molecule has 1 saturated heterocycles. The summed E-state index contributed by atoms with van der Waals surface area (Å²) in [5.74, 6) is 0.902. The van der Waals surface area contributed by atoms with Gasteiger partial charge in [-0.2, -0.15) is 0 Å². The van der Waals surface area contributed by atoms with E-state index in [0.717, 1.165) is 24.1 Å². The van der Waals surface area contributed by atoms with Crippen LogP contribution in [0.25, 0.3) is 11.1 Å². The highest BCUT2D eigenvalue weighted by atomic mass is 16.3. The van der Waals surface area contributed by atoms with Crippen LogP contribution in [-0.2, 0) is 11.3 Å². The largest absolute Gasteiger partial charge is 0.439 e. The topological polar surface area (TPSA) is 58.4 Å². The van der Waals surface area contributed by atoms with Gasteiger partial charge in [0.1, 0.15) is 5.52 Å². The number of nitrogens with one attached hydrogen (secondary N) is 1. The first-order valence-electron chi connectivity index (χ1n) is 8.70. The molecule has 2 aromatic carbocycles. The fraction of sp³-hybridized carbons (Fsp3) is 0.300. The molecular formula is C20H21N3O2. The van der Waals surface area contributed by atoms with Crippen LogP contribution in [0.2, 0.25) is 0 Å². The Balaban J connectivity index is 1.50. The van der Waals surface area contributed by atoms with Crippen molar-refractivity contribution in [2.75, 3.05) is 13.1 Å². The number of para-hydroxylation sites is 2. The molecule has 4 rings (SSSR count). The fourth-order valence-corrected chi connectivity index (χ4v) is 3.30. The summed E-state index contributed by atoms with van der Waals surface area (Å²) in [7, 11) is 0. The number of hydrogen-bond donors (Lipinski definition) is 1. The van der Waals surface area contributed by atoms with Gasteiger partial charge in [0.05, 0.1) is 12.6 Å². The number of aromatic nitrogens is 1. The minimum atomic E-state index is 0.0539. The van der Waals surface area contributed by atoms with Crippen molar-refractivity contribution < 1.29 is 9.21 Å². The van der Waals surface area contributed by atoms with Crippen molar-refractivity contribution in [2.45, 2.75) is 25.4 Å². The average Bonchev–Trinajstić information content (AvgIpc) is 3.25. The first kappa shape index (κ1) is 15.8. The maximum absolute atomic E-state index is 12.0. The van der Waals surface area contributed by atoms with Crippen LogP contribution in [-0.4, -0.2) is 28.9 Å². The third kappa shape index (κ3) is 3.56. The summed E-state index contributed by atoms with van der Waals surface area (Å²) in [4.78, 5) is 18.5. The number of rotatable bonds is 6. The normalized spacial score (nSPS) is 15.8. The van der Waals surface area contributed by atoms with Gasteiger partial charge in [-0.25, -0.2) is 4.98 Å².